The van der Waals surface area contributed by atoms with Crippen LogP contribution in [0.5, 0.6) is 0 Å². The van der Waals surface area contributed by atoms with Gasteiger partial charge in [-0.1, -0.05) is 6.08 Å². The van der Waals surface area contributed by atoms with Gasteiger partial charge in [-0.25, -0.2) is 0 Å². The molecule has 0 saturated heterocycles. The summed E-state index contributed by atoms with van der Waals surface area (Å²) in [5, 5.41) is 0. The molecule has 1 aliphatic rings. The molecule has 5 heteroatoms. The van der Waals surface area contributed by atoms with Crippen LogP contribution in [-0.2, 0) is 11.3 Å². The van der Waals surface area contributed by atoms with Crippen molar-refractivity contribution >= 4 is 11.6 Å². The fourth-order valence-corrected chi connectivity index (χ4v) is 2.35. The molecule has 0 saturated carbocycles. The highest BCUT2D eigenvalue weighted by Gasteiger charge is 2.21. The Morgan fingerprint density at radius 1 is 1.53 bits per heavy atom. The van der Waals surface area contributed by atoms with Crippen LogP contribution in [0.1, 0.15) is 23.8 Å². The predicted octanol–water partition coefficient (Wildman–Crippen LogP) is 1.51. The summed E-state index contributed by atoms with van der Waals surface area (Å²) >= 11 is 0. The molecule has 19 heavy (non-hydrogen) atoms. The molecule has 0 unspecified atom stereocenters. The average molecular weight is 263 g/mol. The van der Waals surface area contributed by atoms with Crippen molar-refractivity contribution < 1.29 is 9.53 Å². The molecule has 0 spiro atoms. The summed E-state index contributed by atoms with van der Waals surface area (Å²) in [4.78, 5) is 14.3. The minimum absolute atomic E-state index is 0.0475. The van der Waals surface area contributed by atoms with Crippen LogP contribution in [-0.4, -0.2) is 42.2 Å². The SMILES string of the molecule is CCn1cc(N)cc1C(=O)N1CC=C(COC)CC1. The molecular formula is C14H21N3O2. The minimum atomic E-state index is 0.0475. The quantitative estimate of drug-likeness (QED) is 0.838. The standard InChI is InChI=1S/C14H21N3O2/c1-3-16-9-12(15)8-13(16)14(18)17-6-4-11(5-7-17)10-19-2/h4,8-9H,3,5-7,10,15H2,1-2H3. The molecule has 0 fully saturated rings. The van der Waals surface area contributed by atoms with Crippen molar-refractivity contribution in [1.82, 2.24) is 9.47 Å². The van der Waals surface area contributed by atoms with Gasteiger partial charge in [-0.15, -0.1) is 0 Å². The lowest BCUT2D eigenvalue weighted by molar-refractivity contribution is 0.0754. The molecule has 0 atom stereocenters. The summed E-state index contributed by atoms with van der Waals surface area (Å²) in [6, 6.07) is 1.75. The Kier molecular flexibility index (Phi) is 4.27. The van der Waals surface area contributed by atoms with Crippen LogP contribution in [0.4, 0.5) is 5.69 Å². The molecule has 1 aromatic heterocycles. The molecule has 0 bridgehead atoms. The largest absolute Gasteiger partial charge is 0.397 e. The number of methoxy groups -OCH3 is 1. The maximum atomic E-state index is 12.4. The van der Waals surface area contributed by atoms with E-state index in [1.165, 1.54) is 5.57 Å². The molecule has 1 aromatic rings. The third kappa shape index (κ3) is 2.98. The number of amides is 1. The molecule has 2 heterocycles. The van der Waals surface area contributed by atoms with Gasteiger partial charge in [0.2, 0.25) is 0 Å². The number of ether oxygens (including phenoxy) is 1. The van der Waals surface area contributed by atoms with E-state index < -0.39 is 0 Å². The highest BCUT2D eigenvalue weighted by molar-refractivity contribution is 5.94. The average Bonchev–Trinajstić information content (AvgIpc) is 2.80. The van der Waals surface area contributed by atoms with E-state index in [9.17, 15) is 4.79 Å². The van der Waals surface area contributed by atoms with Gasteiger partial charge in [0, 0.05) is 32.9 Å². The van der Waals surface area contributed by atoms with Gasteiger partial charge in [0.25, 0.3) is 5.91 Å². The van der Waals surface area contributed by atoms with Crippen molar-refractivity contribution in [2.75, 3.05) is 32.5 Å². The van der Waals surface area contributed by atoms with Crippen LogP contribution < -0.4 is 5.73 Å². The molecule has 104 valence electrons. The molecular weight excluding hydrogens is 242 g/mol. The third-order valence-electron chi connectivity index (χ3n) is 3.40. The first-order valence-electron chi connectivity index (χ1n) is 6.57. The fraction of sp³-hybridized carbons (Fsp3) is 0.500. The number of hydrogen-bond donors (Lipinski definition) is 1. The maximum Gasteiger partial charge on any atom is 0.270 e. The highest BCUT2D eigenvalue weighted by Crippen LogP contribution is 2.17. The lowest BCUT2D eigenvalue weighted by atomic mass is 10.1. The summed E-state index contributed by atoms with van der Waals surface area (Å²) in [5.41, 5.74) is 8.33. The van der Waals surface area contributed by atoms with E-state index in [0.29, 0.717) is 24.5 Å². The van der Waals surface area contributed by atoms with Gasteiger partial charge in [0.05, 0.1) is 12.3 Å². The Labute approximate surface area is 113 Å². The lowest BCUT2D eigenvalue weighted by Crippen LogP contribution is -2.36. The van der Waals surface area contributed by atoms with Crippen molar-refractivity contribution in [2.45, 2.75) is 19.9 Å². The van der Waals surface area contributed by atoms with Crippen molar-refractivity contribution in [3.63, 3.8) is 0 Å². The van der Waals surface area contributed by atoms with E-state index in [-0.39, 0.29) is 5.91 Å². The Hall–Kier alpha value is -1.75. The van der Waals surface area contributed by atoms with Crippen LogP contribution in [0.25, 0.3) is 0 Å². The van der Waals surface area contributed by atoms with E-state index in [4.69, 9.17) is 10.5 Å². The van der Waals surface area contributed by atoms with E-state index in [2.05, 4.69) is 6.08 Å². The van der Waals surface area contributed by atoms with Gasteiger partial charge in [0.15, 0.2) is 0 Å². The van der Waals surface area contributed by atoms with Crippen molar-refractivity contribution in [2.24, 2.45) is 0 Å². The van der Waals surface area contributed by atoms with Gasteiger partial charge in [-0.05, 0) is 25.0 Å². The number of nitrogen functional groups attached to an aromatic ring is 1. The van der Waals surface area contributed by atoms with Crippen molar-refractivity contribution in [1.29, 1.82) is 0 Å². The van der Waals surface area contributed by atoms with Crippen LogP contribution >= 0.6 is 0 Å². The Bertz CT molecular complexity index is 491. The minimum Gasteiger partial charge on any atom is -0.397 e. The zero-order valence-electron chi connectivity index (χ0n) is 11.6. The second kappa shape index (κ2) is 5.93. The summed E-state index contributed by atoms with van der Waals surface area (Å²) in [5.74, 6) is 0.0475. The van der Waals surface area contributed by atoms with Crippen LogP contribution in [0.3, 0.4) is 0 Å². The van der Waals surface area contributed by atoms with Crippen molar-refractivity contribution in [3.8, 4) is 0 Å². The second-order valence-corrected chi connectivity index (χ2v) is 4.74. The summed E-state index contributed by atoms with van der Waals surface area (Å²) in [6.45, 7) is 4.79. The molecule has 0 radical (unpaired) electrons. The molecule has 0 aliphatic carbocycles. The van der Waals surface area contributed by atoms with Gasteiger partial charge < -0.3 is 19.9 Å². The Morgan fingerprint density at radius 3 is 2.89 bits per heavy atom. The number of aryl methyl sites for hydroxylation is 1. The monoisotopic (exact) mass is 263 g/mol. The molecule has 1 aliphatic heterocycles. The molecule has 5 nitrogen and oxygen atoms in total. The van der Waals surface area contributed by atoms with Gasteiger partial charge in [0.1, 0.15) is 5.69 Å². The smallest absolute Gasteiger partial charge is 0.270 e. The third-order valence-corrected chi connectivity index (χ3v) is 3.40. The van der Waals surface area contributed by atoms with E-state index >= 15 is 0 Å². The number of hydrogen-bond acceptors (Lipinski definition) is 3. The normalized spacial score (nSPS) is 15.5. The number of nitrogens with zero attached hydrogens (tertiary/aromatic N) is 2. The van der Waals surface area contributed by atoms with Gasteiger partial charge in [-0.2, -0.15) is 0 Å². The van der Waals surface area contributed by atoms with Crippen LogP contribution in [0.2, 0.25) is 0 Å². The fourth-order valence-electron chi connectivity index (χ4n) is 2.35. The number of carbonyl (C=O) groups is 1. The Morgan fingerprint density at radius 2 is 2.32 bits per heavy atom. The summed E-state index contributed by atoms with van der Waals surface area (Å²) in [6.07, 6.45) is 4.76. The number of rotatable bonds is 4. The van der Waals surface area contributed by atoms with E-state index in [1.807, 2.05) is 22.6 Å². The van der Waals surface area contributed by atoms with E-state index in [0.717, 1.165) is 19.5 Å². The number of nitrogens with two attached hydrogens (primary N) is 1. The van der Waals surface area contributed by atoms with Crippen LogP contribution in [0, 0.1) is 0 Å². The summed E-state index contributed by atoms with van der Waals surface area (Å²) in [7, 11) is 1.69. The first-order chi connectivity index (χ1) is 9.15. The number of aromatic nitrogens is 1. The molecule has 2 N–H and O–H groups in total. The molecule has 2 rings (SSSR count). The lowest BCUT2D eigenvalue weighted by Gasteiger charge is -2.26. The topological polar surface area (TPSA) is 60.5 Å². The van der Waals surface area contributed by atoms with Gasteiger partial charge >= 0.3 is 0 Å². The molecule has 0 aromatic carbocycles. The predicted molar refractivity (Wildman–Crippen MR) is 75.0 cm³/mol. The van der Waals surface area contributed by atoms with Crippen LogP contribution in [0.15, 0.2) is 23.9 Å². The second-order valence-electron chi connectivity index (χ2n) is 4.74. The zero-order valence-corrected chi connectivity index (χ0v) is 11.6. The maximum absolute atomic E-state index is 12.4. The summed E-state index contributed by atoms with van der Waals surface area (Å²) < 4.78 is 7.00. The first-order valence-corrected chi connectivity index (χ1v) is 6.57. The molecule has 1 amide bonds. The van der Waals surface area contributed by atoms with E-state index in [1.54, 1.807) is 13.2 Å². The Balaban J connectivity index is 2.09. The first kappa shape index (κ1) is 13.7. The number of carbonyl (C=O) groups excluding carboxylic acids is 1. The van der Waals surface area contributed by atoms with Gasteiger partial charge in [-0.3, -0.25) is 4.79 Å². The number of anilines is 1. The van der Waals surface area contributed by atoms with Crippen molar-refractivity contribution in [3.05, 3.63) is 29.6 Å². The zero-order chi connectivity index (χ0) is 13.8. The highest BCUT2D eigenvalue weighted by atomic mass is 16.5.